The number of hydrogen-bond acceptors (Lipinski definition) is 2. The number of rotatable bonds is 7. The maximum atomic E-state index is 12.0. The predicted octanol–water partition coefficient (Wildman–Crippen LogP) is 2.01. The molecule has 0 heterocycles. The van der Waals surface area contributed by atoms with Crippen molar-refractivity contribution in [1.82, 2.24) is 5.32 Å². The molecule has 0 aromatic heterocycles. The molecule has 0 aliphatic carbocycles. The number of halogens is 1. The van der Waals surface area contributed by atoms with Crippen molar-refractivity contribution in [3.05, 3.63) is 34.3 Å². The number of primary amides is 1. The van der Waals surface area contributed by atoms with E-state index in [9.17, 15) is 9.59 Å². The molecule has 4 nitrogen and oxygen atoms in total. The summed E-state index contributed by atoms with van der Waals surface area (Å²) in [4.78, 5) is 22.6. The Kier molecular flexibility index (Phi) is 6.56. The van der Waals surface area contributed by atoms with Gasteiger partial charge in [-0.25, -0.2) is 0 Å². The Bertz CT molecular complexity index is 449. The van der Waals surface area contributed by atoms with Crippen LogP contribution < -0.4 is 11.1 Å². The standard InChI is InChI=1S/C14H19BrN2O2/c1-2-10(14(19)17-8-7-13(16)18)9-11-5-3-4-6-12(11)15/h3-6,10H,2,7-9H2,1H3,(H2,16,18)(H,17,19). The van der Waals surface area contributed by atoms with Crippen LogP contribution in [0.5, 0.6) is 0 Å². The van der Waals surface area contributed by atoms with Gasteiger partial charge in [-0.15, -0.1) is 0 Å². The summed E-state index contributed by atoms with van der Waals surface area (Å²) in [6, 6.07) is 7.87. The van der Waals surface area contributed by atoms with Gasteiger partial charge < -0.3 is 11.1 Å². The number of carbonyl (C=O) groups is 2. The first-order chi connectivity index (χ1) is 9.04. The highest BCUT2D eigenvalue weighted by Gasteiger charge is 2.17. The summed E-state index contributed by atoms with van der Waals surface area (Å²) >= 11 is 3.48. The molecule has 5 heteroatoms. The number of amides is 2. The van der Waals surface area contributed by atoms with Gasteiger partial charge in [0, 0.05) is 23.4 Å². The Morgan fingerprint density at radius 1 is 1.37 bits per heavy atom. The smallest absolute Gasteiger partial charge is 0.223 e. The van der Waals surface area contributed by atoms with Crippen LogP contribution in [0, 0.1) is 5.92 Å². The van der Waals surface area contributed by atoms with Crippen molar-refractivity contribution in [2.24, 2.45) is 11.7 Å². The van der Waals surface area contributed by atoms with E-state index >= 15 is 0 Å². The third-order valence-electron chi connectivity index (χ3n) is 2.96. The number of hydrogen-bond donors (Lipinski definition) is 2. The Labute approximate surface area is 121 Å². The molecule has 0 aliphatic rings. The van der Waals surface area contributed by atoms with Gasteiger partial charge in [0.2, 0.25) is 11.8 Å². The summed E-state index contributed by atoms with van der Waals surface area (Å²) in [5.41, 5.74) is 6.14. The molecule has 2 amide bonds. The molecule has 0 aliphatic heterocycles. The highest BCUT2D eigenvalue weighted by atomic mass is 79.9. The fraction of sp³-hybridized carbons (Fsp3) is 0.429. The van der Waals surface area contributed by atoms with Gasteiger partial charge in [-0.05, 0) is 24.5 Å². The van der Waals surface area contributed by atoms with Crippen LogP contribution in [0.4, 0.5) is 0 Å². The monoisotopic (exact) mass is 326 g/mol. The fourth-order valence-electron chi connectivity index (χ4n) is 1.81. The summed E-state index contributed by atoms with van der Waals surface area (Å²) < 4.78 is 1.01. The average molecular weight is 327 g/mol. The van der Waals surface area contributed by atoms with Crippen molar-refractivity contribution >= 4 is 27.7 Å². The average Bonchev–Trinajstić information content (AvgIpc) is 2.37. The molecular weight excluding hydrogens is 308 g/mol. The topological polar surface area (TPSA) is 72.2 Å². The van der Waals surface area contributed by atoms with E-state index in [1.54, 1.807) is 0 Å². The van der Waals surface area contributed by atoms with Crippen LogP contribution in [-0.4, -0.2) is 18.4 Å². The van der Waals surface area contributed by atoms with Crippen molar-refractivity contribution in [2.75, 3.05) is 6.54 Å². The van der Waals surface area contributed by atoms with Gasteiger partial charge in [0.25, 0.3) is 0 Å². The van der Waals surface area contributed by atoms with E-state index in [-0.39, 0.29) is 18.2 Å². The Morgan fingerprint density at radius 2 is 2.05 bits per heavy atom. The van der Waals surface area contributed by atoms with E-state index in [4.69, 9.17) is 5.73 Å². The quantitative estimate of drug-likeness (QED) is 0.804. The molecule has 0 saturated carbocycles. The molecule has 0 fully saturated rings. The van der Waals surface area contributed by atoms with Gasteiger partial charge in [-0.3, -0.25) is 9.59 Å². The molecule has 104 valence electrons. The predicted molar refractivity (Wildman–Crippen MR) is 78.4 cm³/mol. The first kappa shape index (κ1) is 15.7. The lowest BCUT2D eigenvalue weighted by Crippen LogP contribution is -2.34. The van der Waals surface area contributed by atoms with Gasteiger partial charge in [0.05, 0.1) is 0 Å². The van der Waals surface area contributed by atoms with Gasteiger partial charge in [0.15, 0.2) is 0 Å². The maximum absolute atomic E-state index is 12.0. The minimum absolute atomic E-state index is 0.0282. The lowest BCUT2D eigenvalue weighted by Gasteiger charge is -2.15. The zero-order valence-electron chi connectivity index (χ0n) is 11.0. The Morgan fingerprint density at radius 3 is 2.63 bits per heavy atom. The molecule has 0 bridgehead atoms. The molecule has 1 atom stereocenters. The second-order valence-electron chi connectivity index (χ2n) is 4.41. The van der Waals surface area contributed by atoms with Crippen molar-refractivity contribution in [2.45, 2.75) is 26.2 Å². The van der Waals surface area contributed by atoms with E-state index < -0.39 is 5.91 Å². The van der Waals surface area contributed by atoms with Gasteiger partial charge in [0.1, 0.15) is 0 Å². The Balaban J connectivity index is 2.55. The van der Waals surface area contributed by atoms with Crippen molar-refractivity contribution in [1.29, 1.82) is 0 Å². The first-order valence-corrected chi connectivity index (χ1v) is 7.13. The number of benzene rings is 1. The summed E-state index contributed by atoms with van der Waals surface area (Å²) in [5.74, 6) is -0.523. The molecule has 0 radical (unpaired) electrons. The van der Waals surface area contributed by atoms with E-state index in [1.165, 1.54) is 0 Å². The van der Waals surface area contributed by atoms with Gasteiger partial charge in [-0.1, -0.05) is 41.1 Å². The summed E-state index contributed by atoms with van der Waals surface area (Å²) in [6.07, 6.45) is 1.61. The van der Waals surface area contributed by atoms with Crippen molar-refractivity contribution in [3.8, 4) is 0 Å². The van der Waals surface area contributed by atoms with E-state index in [0.717, 1.165) is 16.5 Å². The fourth-order valence-corrected chi connectivity index (χ4v) is 2.25. The summed E-state index contributed by atoms with van der Waals surface area (Å²) in [6.45, 7) is 2.29. The van der Waals surface area contributed by atoms with E-state index in [1.807, 2.05) is 31.2 Å². The van der Waals surface area contributed by atoms with Crippen LogP contribution in [0.3, 0.4) is 0 Å². The van der Waals surface area contributed by atoms with Crippen LogP contribution in [0.15, 0.2) is 28.7 Å². The number of nitrogens with one attached hydrogen (secondary N) is 1. The highest BCUT2D eigenvalue weighted by molar-refractivity contribution is 9.10. The molecule has 0 saturated heterocycles. The van der Waals surface area contributed by atoms with Crippen LogP contribution in [-0.2, 0) is 16.0 Å². The van der Waals surface area contributed by atoms with Crippen LogP contribution in [0.25, 0.3) is 0 Å². The van der Waals surface area contributed by atoms with Gasteiger partial charge >= 0.3 is 0 Å². The molecule has 19 heavy (non-hydrogen) atoms. The lowest BCUT2D eigenvalue weighted by atomic mass is 9.96. The van der Waals surface area contributed by atoms with Crippen LogP contribution in [0.2, 0.25) is 0 Å². The normalized spacial score (nSPS) is 11.9. The van der Waals surface area contributed by atoms with Crippen LogP contribution in [0.1, 0.15) is 25.3 Å². The second-order valence-corrected chi connectivity index (χ2v) is 5.26. The summed E-state index contributed by atoms with van der Waals surface area (Å²) in [7, 11) is 0. The SMILES string of the molecule is CCC(Cc1ccccc1Br)C(=O)NCCC(N)=O. The molecule has 3 N–H and O–H groups in total. The molecule has 1 aromatic carbocycles. The molecule has 0 spiro atoms. The molecule has 1 rings (SSSR count). The second kappa shape index (κ2) is 7.94. The lowest BCUT2D eigenvalue weighted by molar-refractivity contribution is -0.125. The Hall–Kier alpha value is -1.36. The molecule has 1 aromatic rings. The largest absolute Gasteiger partial charge is 0.370 e. The third-order valence-corrected chi connectivity index (χ3v) is 3.73. The third kappa shape index (κ3) is 5.42. The maximum Gasteiger partial charge on any atom is 0.223 e. The van der Waals surface area contributed by atoms with E-state index in [0.29, 0.717) is 13.0 Å². The van der Waals surface area contributed by atoms with Gasteiger partial charge in [-0.2, -0.15) is 0 Å². The minimum Gasteiger partial charge on any atom is -0.370 e. The first-order valence-electron chi connectivity index (χ1n) is 6.34. The summed E-state index contributed by atoms with van der Waals surface area (Å²) in [5, 5.41) is 2.75. The highest BCUT2D eigenvalue weighted by Crippen LogP contribution is 2.21. The molecule has 1 unspecified atom stereocenters. The molecular formula is C14H19BrN2O2. The van der Waals surface area contributed by atoms with E-state index in [2.05, 4.69) is 21.2 Å². The van der Waals surface area contributed by atoms with Crippen molar-refractivity contribution < 1.29 is 9.59 Å². The zero-order valence-corrected chi connectivity index (χ0v) is 12.6. The number of carbonyl (C=O) groups excluding carboxylic acids is 2. The minimum atomic E-state index is -0.404. The van der Waals surface area contributed by atoms with Crippen molar-refractivity contribution in [3.63, 3.8) is 0 Å². The zero-order chi connectivity index (χ0) is 14.3. The van der Waals surface area contributed by atoms with Crippen LogP contribution >= 0.6 is 15.9 Å². The number of nitrogens with two attached hydrogens (primary N) is 1.